The van der Waals surface area contributed by atoms with E-state index in [-0.39, 0.29) is 10.8 Å². The SMILES string of the molecule is Cc1ccc(N2CC(C)(C)c3c4c(c5ccccc5c32)C=c2c(c3c(c5ccccc25)=[N+](Cc2ccc(C(O)O)cc2)CC3(C)C)O4)cc1. The maximum absolute atomic E-state index is 9.66. The lowest BCUT2D eigenvalue weighted by molar-refractivity contribution is -0.0424. The molecule has 6 aromatic rings. The molecule has 49 heavy (non-hydrogen) atoms. The number of aliphatic hydroxyl groups is 2. The van der Waals surface area contributed by atoms with Crippen LogP contribution in [-0.4, -0.2) is 23.3 Å². The maximum Gasteiger partial charge on any atom is 0.215 e. The van der Waals surface area contributed by atoms with Gasteiger partial charge in [-0.2, -0.15) is 0 Å². The van der Waals surface area contributed by atoms with Crippen molar-refractivity contribution in [3.8, 4) is 11.5 Å². The highest BCUT2D eigenvalue weighted by molar-refractivity contribution is 6.07. The van der Waals surface area contributed by atoms with Crippen LogP contribution in [0.2, 0.25) is 0 Å². The second-order valence-corrected chi connectivity index (χ2v) is 15.4. The Morgan fingerprint density at radius 2 is 1.39 bits per heavy atom. The number of hydrogen-bond donors (Lipinski definition) is 2. The third-order valence-electron chi connectivity index (χ3n) is 10.9. The topological polar surface area (TPSA) is 55.9 Å². The predicted octanol–water partition coefficient (Wildman–Crippen LogP) is 7.63. The molecule has 0 aromatic heterocycles. The summed E-state index contributed by atoms with van der Waals surface area (Å²) >= 11 is 0. The summed E-state index contributed by atoms with van der Waals surface area (Å²) in [4.78, 5) is 2.49. The molecule has 0 spiro atoms. The van der Waals surface area contributed by atoms with Crippen LogP contribution in [0.3, 0.4) is 0 Å². The molecule has 5 nitrogen and oxygen atoms in total. The lowest BCUT2D eigenvalue weighted by atomic mass is 9.81. The Hall–Kier alpha value is -4.97. The Morgan fingerprint density at radius 3 is 2.08 bits per heavy atom. The summed E-state index contributed by atoms with van der Waals surface area (Å²) in [6, 6.07) is 34.1. The predicted molar refractivity (Wildman–Crippen MR) is 198 cm³/mol. The van der Waals surface area contributed by atoms with Crippen LogP contribution < -0.4 is 24.8 Å². The number of aliphatic hydroxyl groups excluding tert-OH is 1. The Labute approximate surface area is 286 Å². The first-order chi connectivity index (χ1) is 23.5. The molecule has 0 atom stereocenters. The van der Waals surface area contributed by atoms with Crippen molar-refractivity contribution >= 4 is 39.0 Å². The van der Waals surface area contributed by atoms with Gasteiger partial charge in [-0.25, -0.2) is 4.58 Å². The van der Waals surface area contributed by atoms with Crippen LogP contribution in [0.1, 0.15) is 67.4 Å². The minimum atomic E-state index is -1.47. The van der Waals surface area contributed by atoms with Crippen LogP contribution in [0, 0.1) is 6.92 Å². The summed E-state index contributed by atoms with van der Waals surface area (Å²) in [7, 11) is 0. The van der Waals surface area contributed by atoms with Gasteiger partial charge in [-0.3, -0.25) is 0 Å². The average molecular weight is 646 g/mol. The molecule has 244 valence electrons. The number of fused-ring (bicyclic) bond motifs is 12. The summed E-state index contributed by atoms with van der Waals surface area (Å²) in [6.07, 6.45) is 0.932. The van der Waals surface area contributed by atoms with Crippen molar-refractivity contribution in [2.75, 3.05) is 18.0 Å². The van der Waals surface area contributed by atoms with Crippen LogP contribution in [0.15, 0.2) is 97.1 Å². The quantitative estimate of drug-likeness (QED) is 0.153. The van der Waals surface area contributed by atoms with Crippen molar-refractivity contribution in [3.05, 3.63) is 141 Å². The number of anilines is 2. The van der Waals surface area contributed by atoms with Crippen molar-refractivity contribution in [2.24, 2.45) is 0 Å². The van der Waals surface area contributed by atoms with Gasteiger partial charge in [0.2, 0.25) is 5.36 Å². The zero-order valence-electron chi connectivity index (χ0n) is 28.7. The van der Waals surface area contributed by atoms with Gasteiger partial charge in [0.15, 0.2) is 19.4 Å². The molecule has 3 heterocycles. The third-order valence-corrected chi connectivity index (χ3v) is 10.9. The maximum atomic E-state index is 9.66. The fourth-order valence-electron chi connectivity index (χ4n) is 8.74. The molecule has 0 radical (unpaired) electrons. The molecule has 0 bridgehead atoms. The average Bonchev–Trinajstić information content (AvgIpc) is 3.53. The van der Waals surface area contributed by atoms with E-state index in [1.54, 1.807) is 12.1 Å². The first kappa shape index (κ1) is 30.1. The first-order valence-corrected chi connectivity index (χ1v) is 17.3. The molecule has 6 aromatic carbocycles. The van der Waals surface area contributed by atoms with E-state index in [1.807, 2.05) is 12.1 Å². The molecule has 3 aliphatic rings. The first-order valence-electron chi connectivity index (χ1n) is 17.3. The van der Waals surface area contributed by atoms with Gasteiger partial charge in [0, 0.05) is 50.5 Å². The third kappa shape index (κ3) is 4.49. The molecule has 0 saturated carbocycles. The highest BCUT2D eigenvalue weighted by Crippen LogP contribution is 2.56. The Balaban J connectivity index is 1.33. The van der Waals surface area contributed by atoms with Crippen LogP contribution in [0.5, 0.6) is 11.5 Å². The van der Waals surface area contributed by atoms with Crippen molar-refractivity contribution in [1.82, 2.24) is 4.58 Å². The number of hydrogen-bond acceptors (Lipinski definition) is 4. The molecular weight excluding hydrogens is 604 g/mol. The highest BCUT2D eigenvalue weighted by atomic mass is 16.5. The van der Waals surface area contributed by atoms with E-state index in [2.05, 4.69) is 123 Å². The number of rotatable bonds is 4. The lowest BCUT2D eigenvalue weighted by Crippen LogP contribution is -2.30. The van der Waals surface area contributed by atoms with Crippen LogP contribution >= 0.6 is 0 Å². The zero-order valence-corrected chi connectivity index (χ0v) is 28.7. The van der Waals surface area contributed by atoms with E-state index in [4.69, 9.17) is 4.74 Å². The van der Waals surface area contributed by atoms with Crippen LogP contribution in [0.25, 0.3) is 27.6 Å². The van der Waals surface area contributed by atoms with E-state index in [0.29, 0.717) is 12.1 Å². The summed E-state index contributed by atoms with van der Waals surface area (Å²) in [5, 5.41) is 26.6. The fourth-order valence-corrected chi connectivity index (χ4v) is 8.74. The summed E-state index contributed by atoms with van der Waals surface area (Å²) in [6.45, 7) is 13.9. The smallest absolute Gasteiger partial charge is 0.215 e. The summed E-state index contributed by atoms with van der Waals surface area (Å²) in [5.41, 5.74) is 8.66. The normalized spacial score (nSPS) is 16.7. The van der Waals surface area contributed by atoms with E-state index >= 15 is 0 Å². The Morgan fingerprint density at radius 1 is 0.735 bits per heavy atom. The van der Waals surface area contributed by atoms with Crippen molar-refractivity contribution in [3.63, 3.8) is 0 Å². The van der Waals surface area contributed by atoms with Gasteiger partial charge >= 0.3 is 0 Å². The van der Waals surface area contributed by atoms with Crippen molar-refractivity contribution in [2.45, 2.75) is 58.3 Å². The van der Waals surface area contributed by atoms with E-state index in [1.165, 1.54) is 55.0 Å². The molecule has 0 saturated heterocycles. The lowest BCUT2D eigenvalue weighted by Gasteiger charge is -2.28. The van der Waals surface area contributed by atoms with Gasteiger partial charge in [0.05, 0.1) is 22.1 Å². The van der Waals surface area contributed by atoms with Gasteiger partial charge in [-0.05, 0) is 55.8 Å². The van der Waals surface area contributed by atoms with Crippen molar-refractivity contribution in [1.29, 1.82) is 0 Å². The Bertz CT molecular complexity index is 2480. The summed E-state index contributed by atoms with van der Waals surface area (Å²) < 4.78 is 9.94. The number of nitrogens with zero attached hydrogens (tertiary/aromatic N) is 2. The van der Waals surface area contributed by atoms with Gasteiger partial charge in [0.1, 0.15) is 11.5 Å². The fraction of sp³-hybridized carbons (Fsp3) is 0.250. The monoisotopic (exact) mass is 645 g/mol. The van der Waals surface area contributed by atoms with E-state index in [9.17, 15) is 10.2 Å². The molecule has 0 aliphatic carbocycles. The van der Waals surface area contributed by atoms with Gasteiger partial charge in [-0.15, -0.1) is 0 Å². The molecule has 9 rings (SSSR count). The minimum Gasteiger partial charge on any atom is -0.455 e. The number of ether oxygens (including phenoxy) is 1. The molecule has 0 fully saturated rings. The molecule has 2 N–H and O–H groups in total. The number of benzene rings is 6. The zero-order chi connectivity index (χ0) is 33.8. The Kier molecular flexibility index (Phi) is 6.46. The molecule has 0 amide bonds. The summed E-state index contributed by atoms with van der Waals surface area (Å²) in [5.74, 6) is 1.94. The van der Waals surface area contributed by atoms with E-state index in [0.717, 1.165) is 40.9 Å². The van der Waals surface area contributed by atoms with Crippen LogP contribution in [-0.2, 0) is 17.4 Å². The molecular formula is C44H41N2O3+. The van der Waals surface area contributed by atoms with Gasteiger partial charge < -0.3 is 19.8 Å². The molecule has 0 unspecified atom stereocenters. The van der Waals surface area contributed by atoms with Crippen LogP contribution in [0.4, 0.5) is 11.4 Å². The standard InChI is InChI=1S/C44H41N2O3/c1-26-14-20-29(21-15-26)46-25-44(4,5)37-39(46)33-13-9-7-11-31(33)35-22-34-30-10-6-8-12-32(30)38-36(40(34)49-41(35)37)43(2,3)24-45(38)23-27-16-18-28(19-17-27)42(47)48/h6-22,42,47-48H,23-25H2,1-5H3/q+1. The molecule has 3 aliphatic heterocycles. The second kappa shape index (κ2) is 10.5. The van der Waals surface area contributed by atoms with Gasteiger partial charge in [-0.1, -0.05) is 98.3 Å². The van der Waals surface area contributed by atoms with E-state index < -0.39 is 6.29 Å². The largest absolute Gasteiger partial charge is 0.455 e. The highest BCUT2D eigenvalue weighted by Gasteiger charge is 2.45. The number of aryl methyl sites for hydroxylation is 1. The second-order valence-electron chi connectivity index (χ2n) is 15.4. The van der Waals surface area contributed by atoms with Crippen molar-refractivity contribution < 1.29 is 14.9 Å². The minimum absolute atomic E-state index is 0.157. The van der Waals surface area contributed by atoms with Gasteiger partial charge in [0.25, 0.3) is 0 Å². The molecule has 5 heteroatoms.